The maximum atomic E-state index is 9.26. The fourth-order valence-corrected chi connectivity index (χ4v) is 2.71. The van der Waals surface area contributed by atoms with Gasteiger partial charge in [0.05, 0.1) is 12.2 Å². The summed E-state index contributed by atoms with van der Waals surface area (Å²) in [5.74, 6) is 0. The van der Waals surface area contributed by atoms with Gasteiger partial charge in [-0.3, -0.25) is 0 Å². The highest BCUT2D eigenvalue weighted by Crippen LogP contribution is 2.29. The van der Waals surface area contributed by atoms with E-state index in [0.717, 1.165) is 38.7 Å². The standard InChI is InChI=1S/C15H28N2O/c1-3-4-5-6-7-11-18-14-9-8-10-15(12-14,13-16)17-2/h14,17H,3-12H2,1-2H3. The van der Waals surface area contributed by atoms with Crippen LogP contribution in [0, 0.1) is 11.3 Å². The molecule has 1 aliphatic carbocycles. The van der Waals surface area contributed by atoms with E-state index in [0.29, 0.717) is 0 Å². The van der Waals surface area contributed by atoms with Gasteiger partial charge in [-0.15, -0.1) is 0 Å². The van der Waals surface area contributed by atoms with Crippen molar-refractivity contribution in [2.75, 3.05) is 13.7 Å². The van der Waals surface area contributed by atoms with Gasteiger partial charge in [-0.05, 0) is 32.7 Å². The van der Waals surface area contributed by atoms with Gasteiger partial charge < -0.3 is 10.1 Å². The number of hydrogen-bond acceptors (Lipinski definition) is 3. The van der Waals surface area contributed by atoms with Gasteiger partial charge in [0.2, 0.25) is 0 Å². The average Bonchev–Trinajstić information content (AvgIpc) is 2.43. The second-order valence-corrected chi connectivity index (χ2v) is 5.45. The van der Waals surface area contributed by atoms with Crippen molar-refractivity contribution in [3.63, 3.8) is 0 Å². The Morgan fingerprint density at radius 3 is 2.78 bits per heavy atom. The Morgan fingerprint density at radius 1 is 1.33 bits per heavy atom. The van der Waals surface area contributed by atoms with Crippen LogP contribution in [0.3, 0.4) is 0 Å². The first-order valence-corrected chi connectivity index (χ1v) is 7.48. The van der Waals surface area contributed by atoms with Crippen LogP contribution in [0.1, 0.15) is 64.7 Å². The molecule has 0 heterocycles. The van der Waals surface area contributed by atoms with Crippen molar-refractivity contribution in [3.8, 4) is 6.07 Å². The Morgan fingerprint density at radius 2 is 2.11 bits per heavy atom. The number of nitrogens with one attached hydrogen (secondary N) is 1. The van der Waals surface area contributed by atoms with Crippen LogP contribution in [0.5, 0.6) is 0 Å². The number of nitrogens with zero attached hydrogens (tertiary/aromatic N) is 1. The van der Waals surface area contributed by atoms with Crippen LogP contribution in [-0.4, -0.2) is 25.3 Å². The molecule has 0 spiro atoms. The van der Waals surface area contributed by atoms with Crippen molar-refractivity contribution < 1.29 is 4.74 Å². The van der Waals surface area contributed by atoms with Crippen molar-refractivity contribution in [3.05, 3.63) is 0 Å². The molecule has 1 rings (SSSR count). The molecule has 0 saturated heterocycles. The average molecular weight is 252 g/mol. The minimum Gasteiger partial charge on any atom is -0.378 e. The number of unbranched alkanes of at least 4 members (excludes halogenated alkanes) is 4. The van der Waals surface area contributed by atoms with Crippen molar-refractivity contribution in [2.45, 2.75) is 76.4 Å². The molecule has 0 bridgehead atoms. The molecule has 1 aliphatic rings. The van der Waals surface area contributed by atoms with Gasteiger partial charge in [0.15, 0.2) is 0 Å². The fraction of sp³-hybridized carbons (Fsp3) is 0.933. The summed E-state index contributed by atoms with van der Waals surface area (Å²) >= 11 is 0. The molecule has 1 N–H and O–H groups in total. The maximum Gasteiger partial charge on any atom is 0.109 e. The van der Waals surface area contributed by atoms with Crippen LogP contribution >= 0.6 is 0 Å². The van der Waals surface area contributed by atoms with Crippen LogP contribution in [0.4, 0.5) is 0 Å². The zero-order chi connectivity index (χ0) is 13.3. The summed E-state index contributed by atoms with van der Waals surface area (Å²) in [4.78, 5) is 0. The quantitative estimate of drug-likeness (QED) is 0.673. The predicted molar refractivity (Wildman–Crippen MR) is 74.4 cm³/mol. The monoisotopic (exact) mass is 252 g/mol. The Balaban J connectivity index is 2.17. The maximum absolute atomic E-state index is 9.26. The first-order chi connectivity index (χ1) is 8.76. The first-order valence-electron chi connectivity index (χ1n) is 7.48. The lowest BCUT2D eigenvalue weighted by Crippen LogP contribution is -2.47. The van der Waals surface area contributed by atoms with E-state index in [1.807, 2.05) is 7.05 Å². The SMILES string of the molecule is CCCCCCCOC1CCCC(C#N)(NC)C1. The molecule has 0 aliphatic heterocycles. The third kappa shape index (κ3) is 4.96. The first kappa shape index (κ1) is 15.5. The molecule has 0 aromatic heterocycles. The second kappa shape index (κ2) is 8.50. The fourth-order valence-electron chi connectivity index (χ4n) is 2.71. The molecule has 2 atom stereocenters. The highest BCUT2D eigenvalue weighted by molar-refractivity contribution is 5.09. The summed E-state index contributed by atoms with van der Waals surface area (Å²) in [7, 11) is 1.89. The number of hydrogen-bond donors (Lipinski definition) is 1. The topological polar surface area (TPSA) is 45.0 Å². The predicted octanol–water partition coefficient (Wildman–Crippen LogP) is 3.40. The largest absolute Gasteiger partial charge is 0.378 e. The Kier molecular flexibility index (Phi) is 7.31. The summed E-state index contributed by atoms with van der Waals surface area (Å²) < 4.78 is 5.93. The van der Waals surface area contributed by atoms with Gasteiger partial charge >= 0.3 is 0 Å². The van der Waals surface area contributed by atoms with Gasteiger partial charge in [0.25, 0.3) is 0 Å². The van der Waals surface area contributed by atoms with E-state index >= 15 is 0 Å². The Hall–Kier alpha value is -0.590. The lowest BCUT2D eigenvalue weighted by molar-refractivity contribution is 0.00849. The highest BCUT2D eigenvalue weighted by atomic mass is 16.5. The highest BCUT2D eigenvalue weighted by Gasteiger charge is 2.35. The van der Waals surface area contributed by atoms with E-state index < -0.39 is 0 Å². The molecule has 3 nitrogen and oxygen atoms in total. The third-order valence-electron chi connectivity index (χ3n) is 4.00. The normalized spacial score (nSPS) is 27.9. The van der Waals surface area contributed by atoms with Crippen LogP contribution in [-0.2, 0) is 4.74 Å². The molecule has 1 saturated carbocycles. The minimum absolute atomic E-state index is 0.275. The van der Waals surface area contributed by atoms with Gasteiger partial charge in [-0.2, -0.15) is 5.26 Å². The summed E-state index contributed by atoms with van der Waals surface area (Å²) in [5.41, 5.74) is -0.342. The van der Waals surface area contributed by atoms with Crippen molar-refractivity contribution >= 4 is 0 Å². The lowest BCUT2D eigenvalue weighted by Gasteiger charge is -2.35. The van der Waals surface area contributed by atoms with Crippen LogP contribution in [0.15, 0.2) is 0 Å². The molecular formula is C15H28N2O. The number of rotatable bonds is 8. The molecule has 0 radical (unpaired) electrons. The van der Waals surface area contributed by atoms with Gasteiger partial charge in [0.1, 0.15) is 5.54 Å². The van der Waals surface area contributed by atoms with Crippen molar-refractivity contribution in [1.82, 2.24) is 5.32 Å². The molecule has 18 heavy (non-hydrogen) atoms. The smallest absolute Gasteiger partial charge is 0.109 e. The molecule has 0 aromatic rings. The van der Waals surface area contributed by atoms with E-state index in [9.17, 15) is 5.26 Å². The van der Waals surface area contributed by atoms with Crippen LogP contribution < -0.4 is 5.32 Å². The van der Waals surface area contributed by atoms with Gasteiger partial charge in [-0.25, -0.2) is 0 Å². The van der Waals surface area contributed by atoms with E-state index in [1.165, 1.54) is 25.7 Å². The molecule has 0 aromatic carbocycles. The molecule has 3 heteroatoms. The van der Waals surface area contributed by atoms with Gasteiger partial charge in [-0.1, -0.05) is 32.6 Å². The third-order valence-corrected chi connectivity index (χ3v) is 4.00. The van der Waals surface area contributed by atoms with E-state index in [4.69, 9.17) is 4.74 Å². The summed E-state index contributed by atoms with van der Waals surface area (Å²) in [5, 5.41) is 12.4. The van der Waals surface area contributed by atoms with Crippen molar-refractivity contribution in [1.29, 1.82) is 5.26 Å². The lowest BCUT2D eigenvalue weighted by atomic mass is 9.81. The van der Waals surface area contributed by atoms with Crippen LogP contribution in [0.2, 0.25) is 0 Å². The molecular weight excluding hydrogens is 224 g/mol. The zero-order valence-electron chi connectivity index (χ0n) is 12.0. The van der Waals surface area contributed by atoms with Crippen LogP contribution in [0.25, 0.3) is 0 Å². The molecule has 104 valence electrons. The Labute approximate surface area is 112 Å². The zero-order valence-corrected chi connectivity index (χ0v) is 12.0. The van der Waals surface area contributed by atoms with E-state index in [-0.39, 0.29) is 11.6 Å². The summed E-state index contributed by atoms with van der Waals surface area (Å²) in [6.07, 6.45) is 10.7. The second-order valence-electron chi connectivity index (χ2n) is 5.45. The molecule has 0 amide bonds. The number of ether oxygens (including phenoxy) is 1. The van der Waals surface area contributed by atoms with Gasteiger partial charge in [0, 0.05) is 13.0 Å². The molecule has 1 fully saturated rings. The summed E-state index contributed by atoms with van der Waals surface area (Å²) in [6, 6.07) is 2.42. The number of nitriles is 1. The Bertz CT molecular complexity index is 262. The minimum atomic E-state index is -0.342. The van der Waals surface area contributed by atoms with E-state index in [1.54, 1.807) is 0 Å². The molecule has 2 unspecified atom stereocenters. The van der Waals surface area contributed by atoms with Crippen molar-refractivity contribution in [2.24, 2.45) is 0 Å². The summed E-state index contributed by atoms with van der Waals surface area (Å²) in [6.45, 7) is 3.09. The van der Waals surface area contributed by atoms with E-state index in [2.05, 4.69) is 18.3 Å².